The molecular weight excluding hydrogens is 308 g/mol. The second-order valence-corrected chi connectivity index (χ2v) is 6.21. The van der Waals surface area contributed by atoms with Crippen LogP contribution in [0.1, 0.15) is 31.0 Å². The van der Waals surface area contributed by atoms with Gasteiger partial charge in [0.15, 0.2) is 0 Å². The predicted molar refractivity (Wildman–Crippen MR) is 98.6 cm³/mol. The Morgan fingerprint density at radius 1 is 1.17 bits per heavy atom. The van der Waals surface area contributed by atoms with Crippen molar-refractivity contribution in [1.82, 2.24) is 9.97 Å². The molecule has 2 rings (SSSR count). The minimum absolute atomic E-state index is 0.692. The number of hydrogen-bond donors (Lipinski definition) is 1. The van der Waals surface area contributed by atoms with Crippen LogP contribution in [0.25, 0.3) is 0 Å². The van der Waals surface area contributed by atoms with Gasteiger partial charge in [0.05, 0.1) is 0 Å². The first-order valence-electron chi connectivity index (χ1n) is 8.13. The van der Waals surface area contributed by atoms with Gasteiger partial charge in [-0.05, 0) is 37.5 Å². The lowest BCUT2D eigenvalue weighted by molar-refractivity contribution is 0.757. The molecule has 2 aromatic rings. The number of nitrogens with zero attached hydrogens (tertiary/aromatic N) is 3. The smallest absolute Gasteiger partial charge is 0.224 e. The van der Waals surface area contributed by atoms with E-state index < -0.39 is 0 Å². The van der Waals surface area contributed by atoms with Crippen LogP contribution in [0.5, 0.6) is 0 Å². The minimum atomic E-state index is 0.692. The van der Waals surface area contributed by atoms with Crippen molar-refractivity contribution in [3.8, 4) is 0 Å². The molecule has 1 N–H and O–H groups in total. The number of rotatable bonds is 8. The second kappa shape index (κ2) is 8.73. The van der Waals surface area contributed by atoms with Crippen LogP contribution < -0.4 is 10.2 Å². The van der Waals surface area contributed by atoms with Crippen LogP contribution in [0.3, 0.4) is 0 Å². The first-order chi connectivity index (χ1) is 11.1. The third kappa shape index (κ3) is 5.71. The molecule has 0 saturated carbocycles. The third-order valence-corrected chi connectivity index (χ3v) is 3.94. The van der Waals surface area contributed by atoms with Crippen molar-refractivity contribution in [2.24, 2.45) is 0 Å². The number of halogens is 1. The van der Waals surface area contributed by atoms with E-state index in [1.54, 1.807) is 0 Å². The Balaban J connectivity index is 1.94. The molecule has 0 aliphatic rings. The van der Waals surface area contributed by atoms with E-state index in [1.165, 1.54) is 18.4 Å². The fourth-order valence-electron chi connectivity index (χ4n) is 2.31. The predicted octanol–water partition coefficient (Wildman–Crippen LogP) is 4.33. The lowest BCUT2D eigenvalue weighted by Gasteiger charge is -2.19. The van der Waals surface area contributed by atoms with Gasteiger partial charge in [-0.3, -0.25) is 0 Å². The average Bonchev–Trinajstić information content (AvgIpc) is 2.54. The highest BCUT2D eigenvalue weighted by Gasteiger charge is 2.06. The molecule has 1 aromatic heterocycles. The summed E-state index contributed by atoms with van der Waals surface area (Å²) in [6, 6.07) is 9.96. The molecule has 0 spiro atoms. The maximum Gasteiger partial charge on any atom is 0.224 e. The van der Waals surface area contributed by atoms with Crippen LogP contribution in [-0.2, 0) is 6.42 Å². The third-order valence-electron chi connectivity index (χ3n) is 3.69. The fourth-order valence-corrected chi connectivity index (χ4v) is 2.43. The molecule has 5 heteroatoms. The maximum absolute atomic E-state index is 5.90. The summed E-state index contributed by atoms with van der Waals surface area (Å²) in [4.78, 5) is 11.3. The molecule has 0 fully saturated rings. The Morgan fingerprint density at radius 3 is 2.61 bits per heavy atom. The summed E-state index contributed by atoms with van der Waals surface area (Å²) in [7, 11) is 2.08. The molecule has 0 unspecified atom stereocenters. The van der Waals surface area contributed by atoms with Crippen molar-refractivity contribution in [3.05, 3.63) is 46.6 Å². The molecule has 0 atom stereocenters. The SMILES string of the molecule is CCCCN(C)c1cc(C)nc(NCCc2ccc(Cl)cc2)n1. The van der Waals surface area contributed by atoms with Gasteiger partial charge in [-0.15, -0.1) is 0 Å². The summed E-state index contributed by atoms with van der Waals surface area (Å²) in [6.07, 6.45) is 3.26. The van der Waals surface area contributed by atoms with Gasteiger partial charge in [-0.2, -0.15) is 4.98 Å². The van der Waals surface area contributed by atoms with E-state index in [0.717, 1.165) is 36.0 Å². The Bertz CT molecular complexity index is 613. The van der Waals surface area contributed by atoms with E-state index in [2.05, 4.69) is 34.2 Å². The topological polar surface area (TPSA) is 41.1 Å². The monoisotopic (exact) mass is 332 g/mol. The fraction of sp³-hybridized carbons (Fsp3) is 0.444. The molecule has 0 saturated heterocycles. The summed E-state index contributed by atoms with van der Waals surface area (Å²) >= 11 is 5.90. The van der Waals surface area contributed by atoms with Gasteiger partial charge in [0.25, 0.3) is 0 Å². The number of aromatic nitrogens is 2. The van der Waals surface area contributed by atoms with Gasteiger partial charge in [0, 0.05) is 36.9 Å². The largest absolute Gasteiger partial charge is 0.360 e. The van der Waals surface area contributed by atoms with E-state index in [9.17, 15) is 0 Å². The van der Waals surface area contributed by atoms with E-state index in [0.29, 0.717) is 5.95 Å². The van der Waals surface area contributed by atoms with Crippen LogP contribution in [0.2, 0.25) is 5.02 Å². The van der Waals surface area contributed by atoms with Crippen molar-refractivity contribution >= 4 is 23.4 Å². The van der Waals surface area contributed by atoms with E-state index >= 15 is 0 Å². The number of unbranched alkanes of at least 4 members (excludes halogenated alkanes) is 1. The van der Waals surface area contributed by atoms with Crippen molar-refractivity contribution in [2.45, 2.75) is 33.1 Å². The number of anilines is 2. The van der Waals surface area contributed by atoms with Crippen LogP contribution in [0.15, 0.2) is 30.3 Å². The van der Waals surface area contributed by atoms with Crippen LogP contribution >= 0.6 is 11.6 Å². The summed E-state index contributed by atoms with van der Waals surface area (Å²) in [5.41, 5.74) is 2.22. The van der Waals surface area contributed by atoms with Gasteiger partial charge in [-0.25, -0.2) is 4.98 Å². The molecular formula is C18H25ClN4. The van der Waals surface area contributed by atoms with Gasteiger partial charge >= 0.3 is 0 Å². The first-order valence-corrected chi connectivity index (χ1v) is 8.51. The van der Waals surface area contributed by atoms with Crippen molar-refractivity contribution in [1.29, 1.82) is 0 Å². The van der Waals surface area contributed by atoms with Crippen LogP contribution in [0, 0.1) is 6.92 Å². The maximum atomic E-state index is 5.90. The molecule has 0 bridgehead atoms. The average molecular weight is 333 g/mol. The Hall–Kier alpha value is -1.81. The van der Waals surface area contributed by atoms with Crippen molar-refractivity contribution in [2.75, 3.05) is 30.4 Å². The molecule has 0 aliphatic heterocycles. The van der Waals surface area contributed by atoms with Crippen LogP contribution in [0.4, 0.5) is 11.8 Å². The highest BCUT2D eigenvalue weighted by Crippen LogP contribution is 2.14. The zero-order valence-corrected chi connectivity index (χ0v) is 14.9. The zero-order valence-electron chi connectivity index (χ0n) is 14.1. The van der Waals surface area contributed by atoms with Gasteiger partial charge in [0.2, 0.25) is 5.95 Å². The lowest BCUT2D eigenvalue weighted by Crippen LogP contribution is -2.21. The summed E-state index contributed by atoms with van der Waals surface area (Å²) in [5.74, 6) is 1.66. The van der Waals surface area contributed by atoms with Gasteiger partial charge in [-0.1, -0.05) is 37.1 Å². The highest BCUT2D eigenvalue weighted by atomic mass is 35.5. The molecule has 23 heavy (non-hydrogen) atoms. The molecule has 4 nitrogen and oxygen atoms in total. The minimum Gasteiger partial charge on any atom is -0.360 e. The quantitative estimate of drug-likeness (QED) is 0.781. The normalized spacial score (nSPS) is 10.6. The Labute approximate surface area is 143 Å². The number of aryl methyl sites for hydroxylation is 1. The summed E-state index contributed by atoms with van der Waals surface area (Å²) in [5, 5.41) is 4.09. The van der Waals surface area contributed by atoms with Crippen molar-refractivity contribution in [3.63, 3.8) is 0 Å². The molecule has 0 radical (unpaired) electrons. The van der Waals surface area contributed by atoms with E-state index in [1.807, 2.05) is 37.3 Å². The molecule has 0 aliphatic carbocycles. The van der Waals surface area contributed by atoms with Crippen molar-refractivity contribution < 1.29 is 0 Å². The number of nitrogens with one attached hydrogen (secondary N) is 1. The van der Waals surface area contributed by atoms with E-state index in [-0.39, 0.29) is 0 Å². The lowest BCUT2D eigenvalue weighted by atomic mass is 10.1. The van der Waals surface area contributed by atoms with E-state index in [4.69, 9.17) is 11.6 Å². The Morgan fingerprint density at radius 2 is 1.91 bits per heavy atom. The number of hydrogen-bond acceptors (Lipinski definition) is 4. The Kier molecular flexibility index (Phi) is 6.66. The van der Waals surface area contributed by atoms with Gasteiger partial charge in [0.1, 0.15) is 5.82 Å². The molecule has 1 aromatic carbocycles. The number of benzene rings is 1. The molecule has 1 heterocycles. The summed E-state index contributed by atoms with van der Waals surface area (Å²) in [6.45, 7) is 6.01. The standard InChI is InChI=1S/C18H25ClN4/c1-4-5-12-23(3)17-13-14(2)21-18(22-17)20-11-10-15-6-8-16(19)9-7-15/h6-9,13H,4-5,10-12H2,1-3H3,(H,20,21,22). The first kappa shape index (κ1) is 17.5. The van der Waals surface area contributed by atoms with Crippen LogP contribution in [-0.4, -0.2) is 30.1 Å². The zero-order chi connectivity index (χ0) is 16.7. The molecule has 0 amide bonds. The van der Waals surface area contributed by atoms with Gasteiger partial charge < -0.3 is 10.2 Å². The molecule has 124 valence electrons. The summed E-state index contributed by atoms with van der Waals surface area (Å²) < 4.78 is 0. The highest BCUT2D eigenvalue weighted by molar-refractivity contribution is 6.30. The second-order valence-electron chi connectivity index (χ2n) is 5.77.